The van der Waals surface area contributed by atoms with Crippen LogP contribution in [0, 0.1) is 11.6 Å². The summed E-state index contributed by atoms with van der Waals surface area (Å²) in [6.45, 7) is 5.49. The summed E-state index contributed by atoms with van der Waals surface area (Å²) in [5, 5.41) is 0. The van der Waals surface area contributed by atoms with E-state index in [4.69, 9.17) is 8.92 Å². The molecule has 1 amide bonds. The first kappa shape index (κ1) is 24.9. The average molecular weight is 541 g/mol. The lowest BCUT2D eigenvalue weighted by atomic mass is 10.1. The molecule has 0 aliphatic heterocycles. The Morgan fingerprint density at radius 3 is 2.58 bits per heavy atom. The summed E-state index contributed by atoms with van der Waals surface area (Å²) in [7, 11) is 1.58. The zero-order valence-electron chi connectivity index (χ0n) is 18.4. The Balaban J connectivity index is 1.86. The van der Waals surface area contributed by atoms with Gasteiger partial charge in [0.05, 0.1) is 22.7 Å². The van der Waals surface area contributed by atoms with E-state index in [1.54, 1.807) is 64.3 Å². The first-order valence-corrected chi connectivity index (χ1v) is 11.8. The van der Waals surface area contributed by atoms with Gasteiger partial charge in [0.2, 0.25) is 11.1 Å². The Morgan fingerprint density at radius 2 is 1.91 bits per heavy atom. The fourth-order valence-corrected chi connectivity index (χ4v) is 4.28. The molecule has 1 heterocycles. The topological polar surface area (TPSA) is 71.6 Å². The molecule has 0 saturated carbocycles. The number of aromatic nitrogens is 1. The number of hydrogen-bond donors (Lipinski definition) is 1. The number of nitrogens with zero attached hydrogens (tertiary/aromatic N) is 1. The Labute approximate surface area is 201 Å². The molecule has 1 atom stereocenters. The van der Waals surface area contributed by atoms with Crippen molar-refractivity contribution < 1.29 is 26.7 Å². The van der Waals surface area contributed by atoms with E-state index in [0.717, 1.165) is 12.1 Å². The third-order valence-electron chi connectivity index (χ3n) is 4.31. The molecule has 0 fully saturated rings. The number of hydrogen-bond acceptors (Lipinski definition) is 4. The van der Waals surface area contributed by atoms with Crippen LogP contribution in [0.5, 0.6) is 5.75 Å². The molecule has 176 valence electrons. The highest BCUT2D eigenvalue weighted by Crippen LogP contribution is 2.35. The molecule has 10 heteroatoms. The molecular formula is C23H23BrF2N2O4S. The highest BCUT2D eigenvalue weighted by atomic mass is 79.9. The second-order valence-corrected chi connectivity index (χ2v) is 10.3. The maximum absolute atomic E-state index is 14.8. The Bertz CT molecular complexity index is 1190. The van der Waals surface area contributed by atoms with Crippen molar-refractivity contribution >= 4 is 33.1 Å². The smallest absolute Gasteiger partial charge is 0.410 e. The van der Waals surface area contributed by atoms with E-state index >= 15 is 0 Å². The van der Waals surface area contributed by atoms with Crippen LogP contribution in [-0.4, -0.2) is 32.8 Å². The fraction of sp³-hybridized carbons (Fsp3) is 0.261. The van der Waals surface area contributed by atoms with Crippen LogP contribution in [0.4, 0.5) is 13.6 Å². The normalized spacial score (nSPS) is 12.3. The van der Waals surface area contributed by atoms with Gasteiger partial charge in [-0.25, -0.2) is 17.8 Å². The highest BCUT2D eigenvalue weighted by molar-refractivity contribution is 9.10. The SMILES string of the molecule is CN(Cc1c[nH]c(-c2c(F)cc(F)cc2OS(=O)c2cccc(Br)c2)c1)C(=O)OC(C)(C)C. The van der Waals surface area contributed by atoms with Crippen LogP contribution in [0.25, 0.3) is 11.3 Å². The lowest BCUT2D eigenvalue weighted by Gasteiger charge is -2.24. The lowest BCUT2D eigenvalue weighted by molar-refractivity contribution is 0.0285. The minimum absolute atomic E-state index is 0.0779. The Morgan fingerprint density at radius 1 is 1.18 bits per heavy atom. The van der Waals surface area contributed by atoms with Crippen LogP contribution in [0.2, 0.25) is 0 Å². The summed E-state index contributed by atoms with van der Waals surface area (Å²) in [4.78, 5) is 16.8. The second kappa shape index (κ2) is 10.0. The molecular weight excluding hydrogens is 518 g/mol. The van der Waals surface area contributed by atoms with Gasteiger partial charge in [0.1, 0.15) is 17.2 Å². The van der Waals surface area contributed by atoms with Crippen molar-refractivity contribution in [3.05, 3.63) is 70.3 Å². The minimum Gasteiger partial charge on any atom is -0.444 e. The van der Waals surface area contributed by atoms with Gasteiger partial charge in [0.15, 0.2) is 5.75 Å². The summed E-state index contributed by atoms with van der Waals surface area (Å²) in [6, 6.07) is 9.89. The van der Waals surface area contributed by atoms with Gasteiger partial charge >= 0.3 is 6.09 Å². The highest BCUT2D eigenvalue weighted by Gasteiger charge is 2.22. The third kappa shape index (κ3) is 6.64. The molecule has 1 N–H and O–H groups in total. The van der Waals surface area contributed by atoms with E-state index in [0.29, 0.717) is 14.9 Å². The number of nitrogens with one attached hydrogen (secondary N) is 1. The molecule has 0 saturated heterocycles. The first-order chi connectivity index (χ1) is 15.4. The number of rotatable bonds is 6. The second-order valence-electron chi connectivity index (χ2n) is 8.29. The van der Waals surface area contributed by atoms with Gasteiger partial charge < -0.3 is 18.8 Å². The number of carbonyl (C=O) groups is 1. The van der Waals surface area contributed by atoms with Crippen molar-refractivity contribution in [1.82, 2.24) is 9.88 Å². The Hall–Kier alpha value is -2.72. The van der Waals surface area contributed by atoms with Gasteiger partial charge in [-0.05, 0) is 50.6 Å². The lowest BCUT2D eigenvalue weighted by Crippen LogP contribution is -2.33. The van der Waals surface area contributed by atoms with Crippen LogP contribution < -0.4 is 4.18 Å². The third-order valence-corrected chi connectivity index (χ3v) is 5.77. The van der Waals surface area contributed by atoms with E-state index in [2.05, 4.69) is 20.9 Å². The molecule has 33 heavy (non-hydrogen) atoms. The standard InChI is InChI=1S/C23H23BrF2N2O4S/c1-23(2,3)31-22(29)28(4)13-14-8-19(27-12-14)21-18(26)10-16(25)11-20(21)32-33(30)17-7-5-6-15(24)9-17/h5-12,27H,13H2,1-4H3. The van der Waals surface area contributed by atoms with Gasteiger partial charge in [0, 0.05) is 29.8 Å². The summed E-state index contributed by atoms with van der Waals surface area (Å²) >= 11 is 1.28. The summed E-state index contributed by atoms with van der Waals surface area (Å²) in [5.74, 6) is -1.97. The maximum Gasteiger partial charge on any atom is 0.410 e. The number of H-pyrrole nitrogens is 1. The zero-order chi connectivity index (χ0) is 24.3. The van der Waals surface area contributed by atoms with Gasteiger partial charge in [-0.2, -0.15) is 0 Å². The molecule has 0 radical (unpaired) electrons. The Kier molecular flexibility index (Phi) is 7.58. The molecule has 1 unspecified atom stereocenters. The van der Waals surface area contributed by atoms with Gasteiger partial charge in [0.25, 0.3) is 0 Å². The van der Waals surface area contributed by atoms with Crippen molar-refractivity contribution in [2.75, 3.05) is 7.05 Å². The molecule has 3 aromatic rings. The van der Waals surface area contributed by atoms with Crippen molar-refractivity contribution in [2.24, 2.45) is 0 Å². The van der Waals surface area contributed by atoms with Gasteiger partial charge in [-0.3, -0.25) is 0 Å². The largest absolute Gasteiger partial charge is 0.444 e. The van der Waals surface area contributed by atoms with Crippen molar-refractivity contribution in [3.63, 3.8) is 0 Å². The van der Waals surface area contributed by atoms with Crippen LogP contribution in [0.15, 0.2) is 58.0 Å². The van der Waals surface area contributed by atoms with E-state index in [9.17, 15) is 17.8 Å². The quantitative estimate of drug-likeness (QED) is 0.404. The van der Waals surface area contributed by atoms with Crippen molar-refractivity contribution in [2.45, 2.75) is 37.8 Å². The average Bonchev–Trinajstić information content (AvgIpc) is 3.14. The maximum atomic E-state index is 14.8. The molecule has 0 aliphatic carbocycles. The number of ether oxygens (including phenoxy) is 1. The monoisotopic (exact) mass is 540 g/mol. The van der Waals surface area contributed by atoms with Crippen LogP contribution in [0.1, 0.15) is 26.3 Å². The minimum atomic E-state index is -2.01. The van der Waals surface area contributed by atoms with E-state index < -0.39 is 34.4 Å². The number of amides is 1. The van der Waals surface area contributed by atoms with E-state index in [1.807, 2.05) is 0 Å². The molecule has 3 rings (SSSR count). The molecule has 6 nitrogen and oxygen atoms in total. The molecule has 0 spiro atoms. The fourth-order valence-electron chi connectivity index (χ4n) is 2.93. The van der Waals surface area contributed by atoms with Crippen LogP contribution in [0.3, 0.4) is 0 Å². The van der Waals surface area contributed by atoms with Gasteiger partial charge in [-0.1, -0.05) is 22.0 Å². The molecule has 1 aromatic heterocycles. The predicted molar refractivity (Wildman–Crippen MR) is 125 cm³/mol. The number of carbonyl (C=O) groups excluding carboxylic acids is 1. The first-order valence-electron chi connectivity index (χ1n) is 9.89. The molecule has 0 aliphatic rings. The van der Waals surface area contributed by atoms with E-state index in [1.165, 1.54) is 4.90 Å². The van der Waals surface area contributed by atoms with Crippen LogP contribution >= 0.6 is 15.9 Å². The predicted octanol–water partition coefficient (Wildman–Crippen LogP) is 6.19. The summed E-state index contributed by atoms with van der Waals surface area (Å²) < 4.78 is 52.8. The summed E-state index contributed by atoms with van der Waals surface area (Å²) in [6.07, 6.45) is 1.08. The summed E-state index contributed by atoms with van der Waals surface area (Å²) in [5.41, 5.74) is 0.218. The van der Waals surface area contributed by atoms with Gasteiger partial charge in [-0.15, -0.1) is 0 Å². The number of aromatic amines is 1. The molecule has 0 bridgehead atoms. The number of benzene rings is 2. The zero-order valence-corrected chi connectivity index (χ0v) is 20.9. The van der Waals surface area contributed by atoms with E-state index in [-0.39, 0.29) is 23.6 Å². The number of halogens is 3. The van der Waals surface area contributed by atoms with Crippen molar-refractivity contribution in [3.8, 4) is 17.0 Å². The molecule has 2 aromatic carbocycles. The van der Waals surface area contributed by atoms with Crippen molar-refractivity contribution in [1.29, 1.82) is 0 Å². The van der Waals surface area contributed by atoms with Crippen LogP contribution in [-0.2, 0) is 22.4 Å².